The lowest BCUT2D eigenvalue weighted by Crippen LogP contribution is -2.48. The summed E-state index contributed by atoms with van der Waals surface area (Å²) in [6, 6.07) is 26.4. The molecule has 3 aromatic carbocycles. The topological polar surface area (TPSA) is 85.8 Å². The first-order chi connectivity index (χ1) is 17.1. The van der Waals surface area contributed by atoms with E-state index in [1.54, 1.807) is 66.9 Å². The Hall–Kier alpha value is -4.78. The number of rotatable bonds is 7. The normalized spacial score (nSPS) is 13.3. The van der Waals surface area contributed by atoms with Crippen LogP contribution in [0.1, 0.15) is 26.3 Å². The Morgan fingerprint density at radius 1 is 0.743 bits per heavy atom. The Morgan fingerprint density at radius 2 is 1.34 bits per heavy atom. The number of fused-ring (bicyclic) bond motifs is 1. The molecule has 2 heterocycles. The van der Waals surface area contributed by atoms with Gasteiger partial charge in [-0.15, -0.1) is 0 Å². The fraction of sp³-hybridized carbons (Fsp3) is 0.0714. The number of hydrogen-bond donors (Lipinski definition) is 0. The summed E-state index contributed by atoms with van der Waals surface area (Å²) in [7, 11) is 0. The summed E-state index contributed by atoms with van der Waals surface area (Å²) < 4.78 is 11.3. The molecule has 4 aromatic rings. The third-order valence-corrected chi connectivity index (χ3v) is 5.58. The number of aromatic nitrogens is 1. The molecule has 0 spiro atoms. The summed E-state index contributed by atoms with van der Waals surface area (Å²) in [5.41, 5.74) is 1.35. The van der Waals surface area contributed by atoms with Crippen molar-refractivity contribution in [3.8, 4) is 17.4 Å². The zero-order valence-corrected chi connectivity index (χ0v) is 18.5. The van der Waals surface area contributed by atoms with E-state index >= 15 is 0 Å². The highest BCUT2D eigenvalue weighted by atomic mass is 16.5. The third kappa shape index (κ3) is 4.65. The molecule has 0 bridgehead atoms. The first-order valence-corrected chi connectivity index (χ1v) is 11.0. The van der Waals surface area contributed by atoms with Crippen molar-refractivity contribution >= 4 is 17.8 Å². The van der Waals surface area contributed by atoms with Crippen LogP contribution in [0, 0.1) is 0 Å². The number of nitrogens with zero attached hydrogens (tertiary/aromatic N) is 2. The Kier molecular flexibility index (Phi) is 6.05. The van der Waals surface area contributed by atoms with E-state index in [9.17, 15) is 14.4 Å². The molecule has 1 aliphatic heterocycles. The molecule has 7 nitrogen and oxygen atoms in total. The van der Waals surface area contributed by atoms with Crippen molar-refractivity contribution in [1.82, 2.24) is 9.88 Å². The van der Waals surface area contributed by atoms with Crippen molar-refractivity contribution in [3.63, 3.8) is 0 Å². The molecule has 0 radical (unpaired) electrons. The number of carbonyl (C=O) groups excluding carboxylic acids is 3. The minimum Gasteiger partial charge on any atom is -0.439 e. The molecule has 7 heteroatoms. The van der Waals surface area contributed by atoms with Crippen LogP contribution in [0.3, 0.4) is 0 Å². The van der Waals surface area contributed by atoms with E-state index in [0.29, 0.717) is 11.6 Å². The van der Waals surface area contributed by atoms with Crippen LogP contribution < -0.4 is 9.47 Å². The minimum atomic E-state index is -1.13. The molecule has 172 valence electrons. The predicted molar refractivity (Wildman–Crippen MR) is 127 cm³/mol. The number of hydrogen-bond acceptors (Lipinski definition) is 6. The van der Waals surface area contributed by atoms with Crippen LogP contribution in [0.5, 0.6) is 17.4 Å². The van der Waals surface area contributed by atoms with E-state index in [1.165, 1.54) is 0 Å². The molecule has 0 N–H and O–H groups in total. The average molecular weight is 464 g/mol. The lowest BCUT2D eigenvalue weighted by Gasteiger charge is -2.24. The summed E-state index contributed by atoms with van der Waals surface area (Å²) in [4.78, 5) is 44.6. The first-order valence-electron chi connectivity index (χ1n) is 11.0. The smallest absolute Gasteiger partial charge is 0.335 e. The monoisotopic (exact) mass is 464 g/mol. The lowest BCUT2D eigenvalue weighted by molar-refractivity contribution is -0.138. The van der Waals surface area contributed by atoms with Gasteiger partial charge in [0.05, 0.1) is 11.1 Å². The summed E-state index contributed by atoms with van der Waals surface area (Å²) >= 11 is 0. The molecule has 0 aliphatic carbocycles. The molecular weight excluding hydrogens is 444 g/mol. The Balaban J connectivity index is 1.38. The van der Waals surface area contributed by atoms with Gasteiger partial charge in [-0.1, -0.05) is 48.5 Å². The number of ether oxygens (including phenoxy) is 2. The van der Waals surface area contributed by atoms with Crippen molar-refractivity contribution in [2.75, 3.05) is 0 Å². The molecule has 1 aromatic heterocycles. The summed E-state index contributed by atoms with van der Waals surface area (Å²) in [5.74, 6) is -0.513. The molecule has 0 saturated carbocycles. The fourth-order valence-corrected chi connectivity index (χ4v) is 3.90. The largest absolute Gasteiger partial charge is 0.439 e. The van der Waals surface area contributed by atoms with Gasteiger partial charge in [-0.05, 0) is 48.0 Å². The maximum atomic E-state index is 13.3. The molecule has 35 heavy (non-hydrogen) atoms. The molecule has 5 rings (SSSR count). The Bertz CT molecular complexity index is 1340. The Labute approximate surface area is 201 Å². The van der Waals surface area contributed by atoms with E-state index in [-0.39, 0.29) is 23.3 Å². The molecule has 1 atom stereocenters. The second-order valence-electron chi connectivity index (χ2n) is 7.89. The van der Waals surface area contributed by atoms with Crippen LogP contribution in [0.4, 0.5) is 0 Å². The SMILES string of the molecule is O=C(Oc1ccc(Oc2ccccn2)cc1)C(Cc1ccccc1)N1C(=O)c2ccccc2C1=O. The Morgan fingerprint density at radius 3 is 1.97 bits per heavy atom. The maximum Gasteiger partial charge on any atom is 0.335 e. The van der Waals surface area contributed by atoms with E-state index in [1.807, 2.05) is 36.4 Å². The zero-order chi connectivity index (χ0) is 24.2. The first kappa shape index (κ1) is 22.0. The van der Waals surface area contributed by atoms with Crippen molar-refractivity contribution in [2.45, 2.75) is 12.5 Å². The number of pyridine rings is 1. The quantitative estimate of drug-likeness (QED) is 0.224. The average Bonchev–Trinajstić information content (AvgIpc) is 3.15. The van der Waals surface area contributed by atoms with E-state index in [4.69, 9.17) is 9.47 Å². The minimum absolute atomic E-state index is 0.131. The van der Waals surface area contributed by atoms with Gasteiger partial charge in [-0.2, -0.15) is 0 Å². The van der Waals surface area contributed by atoms with Crippen molar-refractivity contribution < 1.29 is 23.9 Å². The van der Waals surface area contributed by atoms with Crippen LogP contribution in [0.15, 0.2) is 103 Å². The van der Waals surface area contributed by atoms with Crippen LogP contribution in [-0.2, 0) is 11.2 Å². The summed E-state index contributed by atoms with van der Waals surface area (Å²) in [6.07, 6.45) is 1.75. The summed E-state index contributed by atoms with van der Waals surface area (Å²) in [6.45, 7) is 0. The number of imide groups is 1. The van der Waals surface area contributed by atoms with Crippen LogP contribution in [-0.4, -0.2) is 33.7 Å². The van der Waals surface area contributed by atoms with E-state index < -0.39 is 23.8 Å². The van der Waals surface area contributed by atoms with Gasteiger partial charge in [0.15, 0.2) is 0 Å². The highest BCUT2D eigenvalue weighted by Crippen LogP contribution is 2.28. The maximum absolute atomic E-state index is 13.3. The van der Waals surface area contributed by atoms with Gasteiger partial charge in [0.2, 0.25) is 5.88 Å². The van der Waals surface area contributed by atoms with E-state index in [0.717, 1.165) is 10.5 Å². The van der Waals surface area contributed by atoms with Gasteiger partial charge in [0, 0.05) is 18.7 Å². The van der Waals surface area contributed by atoms with Crippen molar-refractivity contribution in [1.29, 1.82) is 0 Å². The fourth-order valence-electron chi connectivity index (χ4n) is 3.90. The van der Waals surface area contributed by atoms with Gasteiger partial charge in [-0.3, -0.25) is 14.5 Å². The summed E-state index contributed by atoms with van der Waals surface area (Å²) in [5, 5.41) is 0. The molecular formula is C28H20N2O5. The highest BCUT2D eigenvalue weighted by Gasteiger charge is 2.43. The standard InChI is InChI=1S/C28H20N2O5/c31-26-22-10-4-5-11-23(22)27(32)30(26)24(18-19-8-2-1-3-9-19)28(33)35-21-15-13-20(14-16-21)34-25-12-6-7-17-29-25/h1-17,24H,18H2. The second-order valence-corrected chi connectivity index (χ2v) is 7.89. The van der Waals surface area contributed by atoms with Crippen LogP contribution >= 0.6 is 0 Å². The molecule has 2 amide bonds. The van der Waals surface area contributed by atoms with Crippen LogP contribution in [0.2, 0.25) is 0 Å². The lowest BCUT2D eigenvalue weighted by atomic mass is 10.0. The van der Waals surface area contributed by atoms with Gasteiger partial charge in [0.1, 0.15) is 17.5 Å². The highest BCUT2D eigenvalue weighted by molar-refractivity contribution is 6.22. The van der Waals surface area contributed by atoms with Crippen molar-refractivity contribution in [2.24, 2.45) is 0 Å². The van der Waals surface area contributed by atoms with E-state index in [2.05, 4.69) is 4.98 Å². The number of benzene rings is 3. The van der Waals surface area contributed by atoms with Crippen LogP contribution in [0.25, 0.3) is 0 Å². The molecule has 0 saturated heterocycles. The molecule has 1 aliphatic rings. The number of esters is 1. The second kappa shape index (κ2) is 9.61. The third-order valence-electron chi connectivity index (χ3n) is 5.58. The van der Waals surface area contributed by atoms with Gasteiger partial charge in [0.25, 0.3) is 11.8 Å². The zero-order valence-electron chi connectivity index (χ0n) is 18.5. The van der Waals surface area contributed by atoms with Crippen molar-refractivity contribution in [3.05, 3.63) is 120 Å². The van der Waals surface area contributed by atoms with Gasteiger partial charge >= 0.3 is 5.97 Å². The number of amides is 2. The van der Waals surface area contributed by atoms with Gasteiger partial charge in [-0.25, -0.2) is 9.78 Å². The van der Waals surface area contributed by atoms with Gasteiger partial charge < -0.3 is 9.47 Å². The molecule has 0 fully saturated rings. The number of carbonyl (C=O) groups is 3. The predicted octanol–water partition coefficient (Wildman–Crippen LogP) is 4.69. The molecule has 1 unspecified atom stereocenters.